The Bertz CT molecular complexity index is 1210. The van der Waals surface area contributed by atoms with E-state index in [9.17, 15) is 18.0 Å². The molecular weight excluding hydrogens is 565 g/mol. The summed E-state index contributed by atoms with van der Waals surface area (Å²) in [7, 11) is 1.72. The van der Waals surface area contributed by atoms with E-state index in [1.807, 2.05) is 11.8 Å². The standard InChI is InChI=1S/C31H41F3N4O5/c1-20-25(11-10-23-4-3-5-27(42-23)21-6-8-24(9-7-21)43-31(32,33)34)35-19-36-29(20)30(39)38-15-12-22(13-16-38)37-26-14-17-41-18-28(26)40-2/h6-9,19,22-23,26-28,37H,3-5,10-18H2,1-2H3/t23-,26+,27+,28-/m1/s1. The first kappa shape index (κ1) is 31.6. The summed E-state index contributed by atoms with van der Waals surface area (Å²) in [6.45, 7) is 4.57. The van der Waals surface area contributed by atoms with Crippen molar-refractivity contribution in [2.24, 2.45) is 0 Å². The quantitative estimate of drug-likeness (QED) is 0.430. The van der Waals surface area contributed by atoms with Gasteiger partial charge in [-0.1, -0.05) is 12.1 Å². The summed E-state index contributed by atoms with van der Waals surface area (Å²) >= 11 is 0. The molecule has 0 bridgehead atoms. The van der Waals surface area contributed by atoms with E-state index < -0.39 is 6.36 Å². The maximum atomic E-state index is 13.5. The number of likely N-dealkylation sites (tertiary alicyclic amines) is 1. The van der Waals surface area contributed by atoms with E-state index in [0.717, 1.165) is 68.4 Å². The second-order valence-electron chi connectivity index (χ2n) is 11.6. The average molecular weight is 607 g/mol. The normalized spacial score (nSPS) is 25.5. The third-order valence-electron chi connectivity index (χ3n) is 8.77. The number of rotatable bonds is 9. The van der Waals surface area contributed by atoms with Crippen LogP contribution in [-0.2, 0) is 20.6 Å². The van der Waals surface area contributed by atoms with Crippen molar-refractivity contribution in [2.45, 2.75) is 95.0 Å². The van der Waals surface area contributed by atoms with Gasteiger partial charge in [0.1, 0.15) is 17.8 Å². The predicted octanol–water partition coefficient (Wildman–Crippen LogP) is 4.92. The number of alkyl halides is 3. The van der Waals surface area contributed by atoms with Gasteiger partial charge >= 0.3 is 6.36 Å². The number of carbonyl (C=O) groups is 1. The first-order valence-corrected chi connectivity index (χ1v) is 15.2. The zero-order valence-corrected chi connectivity index (χ0v) is 24.8. The number of amides is 1. The van der Waals surface area contributed by atoms with E-state index in [1.165, 1.54) is 18.5 Å². The van der Waals surface area contributed by atoms with Crippen LogP contribution >= 0.6 is 0 Å². The Labute approximate surface area is 250 Å². The number of hydrogen-bond donors (Lipinski definition) is 1. The zero-order chi connectivity index (χ0) is 30.4. The molecule has 236 valence electrons. The number of ether oxygens (including phenoxy) is 4. The first-order valence-electron chi connectivity index (χ1n) is 15.2. The summed E-state index contributed by atoms with van der Waals surface area (Å²) in [4.78, 5) is 24.2. The number of aromatic nitrogens is 2. The second kappa shape index (κ2) is 14.3. The number of halogens is 3. The van der Waals surface area contributed by atoms with Crippen LogP contribution in [-0.4, -0.2) is 84.8 Å². The van der Waals surface area contributed by atoms with Gasteiger partial charge in [0.05, 0.1) is 24.9 Å². The zero-order valence-electron chi connectivity index (χ0n) is 24.8. The van der Waals surface area contributed by atoms with E-state index in [0.29, 0.717) is 37.9 Å². The minimum atomic E-state index is -4.72. The minimum Gasteiger partial charge on any atom is -0.406 e. The highest BCUT2D eigenvalue weighted by Crippen LogP contribution is 2.34. The smallest absolute Gasteiger partial charge is 0.406 e. The molecule has 3 fully saturated rings. The molecule has 1 aromatic heterocycles. The molecule has 43 heavy (non-hydrogen) atoms. The molecule has 1 aromatic carbocycles. The van der Waals surface area contributed by atoms with Gasteiger partial charge in [0, 0.05) is 50.1 Å². The van der Waals surface area contributed by atoms with Gasteiger partial charge in [-0.25, -0.2) is 9.97 Å². The van der Waals surface area contributed by atoms with Crippen LogP contribution in [0.1, 0.15) is 78.4 Å². The third-order valence-corrected chi connectivity index (χ3v) is 8.77. The molecule has 9 nitrogen and oxygen atoms in total. The summed E-state index contributed by atoms with van der Waals surface area (Å²) in [5.74, 6) is -0.309. The molecule has 5 rings (SSSR count). The predicted molar refractivity (Wildman–Crippen MR) is 152 cm³/mol. The highest BCUT2D eigenvalue weighted by atomic mass is 19.4. The highest BCUT2D eigenvalue weighted by Gasteiger charge is 2.33. The molecule has 0 aliphatic carbocycles. The topological polar surface area (TPSA) is 95.0 Å². The number of nitrogens with zero attached hydrogens (tertiary/aromatic N) is 3. The Hall–Kier alpha value is -2.80. The van der Waals surface area contributed by atoms with Crippen LogP contribution in [0.2, 0.25) is 0 Å². The second-order valence-corrected chi connectivity index (χ2v) is 11.6. The van der Waals surface area contributed by atoms with Gasteiger partial charge in [0.25, 0.3) is 5.91 Å². The number of benzene rings is 1. The van der Waals surface area contributed by atoms with Crippen molar-refractivity contribution in [3.8, 4) is 5.75 Å². The molecule has 1 amide bonds. The van der Waals surface area contributed by atoms with Crippen LogP contribution in [0, 0.1) is 6.92 Å². The van der Waals surface area contributed by atoms with Crippen molar-refractivity contribution in [3.63, 3.8) is 0 Å². The molecule has 0 unspecified atom stereocenters. The average Bonchev–Trinajstić information content (AvgIpc) is 3.01. The minimum absolute atomic E-state index is 0.0154. The fourth-order valence-electron chi connectivity index (χ4n) is 6.33. The number of methoxy groups -OCH3 is 1. The van der Waals surface area contributed by atoms with Gasteiger partial charge in [-0.3, -0.25) is 4.79 Å². The van der Waals surface area contributed by atoms with Crippen molar-refractivity contribution in [3.05, 3.63) is 53.1 Å². The summed E-state index contributed by atoms with van der Waals surface area (Å²) in [6, 6.07) is 6.49. The highest BCUT2D eigenvalue weighted by molar-refractivity contribution is 5.93. The lowest BCUT2D eigenvalue weighted by atomic mass is 9.95. The van der Waals surface area contributed by atoms with Gasteiger partial charge in [0.15, 0.2) is 0 Å². The molecule has 3 aliphatic rings. The largest absolute Gasteiger partial charge is 0.573 e. The van der Waals surface area contributed by atoms with Crippen LogP contribution in [0.15, 0.2) is 30.6 Å². The number of piperidine rings is 1. The maximum absolute atomic E-state index is 13.5. The molecule has 0 spiro atoms. The van der Waals surface area contributed by atoms with E-state index in [2.05, 4.69) is 20.0 Å². The summed E-state index contributed by atoms with van der Waals surface area (Å²) in [5, 5.41) is 3.72. The Morgan fingerprint density at radius 2 is 1.86 bits per heavy atom. The number of carbonyl (C=O) groups excluding carboxylic acids is 1. The molecule has 3 aliphatic heterocycles. The van der Waals surface area contributed by atoms with Crippen molar-refractivity contribution < 1.29 is 36.9 Å². The molecule has 4 atom stereocenters. The van der Waals surface area contributed by atoms with Crippen molar-refractivity contribution in [1.82, 2.24) is 20.2 Å². The van der Waals surface area contributed by atoms with Gasteiger partial charge in [-0.2, -0.15) is 0 Å². The van der Waals surface area contributed by atoms with Crippen LogP contribution in [0.5, 0.6) is 5.75 Å². The van der Waals surface area contributed by atoms with Gasteiger partial charge < -0.3 is 29.2 Å². The Morgan fingerprint density at radius 3 is 2.58 bits per heavy atom. The molecule has 1 N–H and O–H groups in total. The van der Waals surface area contributed by atoms with E-state index in [-0.39, 0.29) is 36.0 Å². The van der Waals surface area contributed by atoms with E-state index in [4.69, 9.17) is 14.2 Å². The molecule has 2 aromatic rings. The Kier molecular flexibility index (Phi) is 10.5. The Balaban J connectivity index is 1.12. The molecule has 12 heteroatoms. The lowest BCUT2D eigenvalue weighted by Crippen LogP contribution is -2.54. The fourth-order valence-corrected chi connectivity index (χ4v) is 6.33. The molecule has 0 radical (unpaired) electrons. The van der Waals surface area contributed by atoms with Crippen LogP contribution in [0.25, 0.3) is 0 Å². The third kappa shape index (κ3) is 8.43. The van der Waals surface area contributed by atoms with Crippen molar-refractivity contribution in [2.75, 3.05) is 33.4 Å². The number of hydrogen-bond acceptors (Lipinski definition) is 8. The summed E-state index contributed by atoms with van der Waals surface area (Å²) in [5.41, 5.74) is 2.91. The fraction of sp³-hybridized carbons (Fsp3) is 0.645. The molecular formula is C31H41F3N4O5. The Morgan fingerprint density at radius 1 is 1.09 bits per heavy atom. The molecule has 3 saturated heterocycles. The van der Waals surface area contributed by atoms with E-state index >= 15 is 0 Å². The monoisotopic (exact) mass is 606 g/mol. The van der Waals surface area contributed by atoms with Gasteiger partial charge in [-0.05, 0) is 76.0 Å². The maximum Gasteiger partial charge on any atom is 0.573 e. The molecule has 0 saturated carbocycles. The SMILES string of the molecule is CO[C@@H]1COCC[C@@H]1NC1CCN(C(=O)c2ncnc(CC[C@H]3CCC[C@@H](c4ccc(OC(F)(F)F)cc4)O3)c2C)CC1. The molecule has 4 heterocycles. The van der Waals surface area contributed by atoms with Crippen LogP contribution in [0.3, 0.4) is 0 Å². The van der Waals surface area contributed by atoms with Crippen molar-refractivity contribution in [1.29, 1.82) is 0 Å². The van der Waals surface area contributed by atoms with Crippen molar-refractivity contribution >= 4 is 5.91 Å². The lowest BCUT2D eigenvalue weighted by Gasteiger charge is -2.38. The van der Waals surface area contributed by atoms with E-state index in [1.54, 1.807) is 19.2 Å². The lowest BCUT2D eigenvalue weighted by molar-refractivity contribution is -0.274. The summed E-state index contributed by atoms with van der Waals surface area (Å²) < 4.78 is 58.9. The van der Waals surface area contributed by atoms with Crippen LogP contribution in [0.4, 0.5) is 13.2 Å². The van der Waals surface area contributed by atoms with Crippen LogP contribution < -0.4 is 10.1 Å². The van der Waals surface area contributed by atoms with Gasteiger partial charge in [0.2, 0.25) is 0 Å². The number of nitrogens with one attached hydrogen (secondary N) is 1. The number of aryl methyl sites for hydroxylation is 1. The summed E-state index contributed by atoms with van der Waals surface area (Å²) in [6.07, 6.45) is 3.27. The van der Waals surface area contributed by atoms with Gasteiger partial charge in [-0.15, -0.1) is 13.2 Å². The first-order chi connectivity index (χ1) is 20.7.